The van der Waals surface area contributed by atoms with Gasteiger partial charge in [-0.3, -0.25) is 52.8 Å². The van der Waals surface area contributed by atoms with Crippen LogP contribution >= 0.6 is 0 Å². The number of morpholine rings is 1. The molecule has 1 unspecified atom stereocenters. The van der Waals surface area contributed by atoms with Crippen LogP contribution in [0.25, 0.3) is 43.1 Å². The molecule has 748 valence electrons. The largest absolute Gasteiger partial charge is 0.508 e. The molecule has 0 spiro atoms. The van der Waals surface area contributed by atoms with Crippen molar-refractivity contribution in [2.45, 2.75) is 30.2 Å². The van der Waals surface area contributed by atoms with Crippen LogP contribution in [0.15, 0.2) is 470 Å². The fourth-order valence-electron chi connectivity index (χ4n) is 16.9. The highest BCUT2D eigenvalue weighted by atomic mass is 32.2. The van der Waals surface area contributed by atoms with E-state index in [4.69, 9.17) is 20.5 Å². The summed E-state index contributed by atoms with van der Waals surface area (Å²) in [4.78, 5) is 131. The van der Waals surface area contributed by atoms with E-state index in [2.05, 4.69) is 67.6 Å². The van der Waals surface area contributed by atoms with Crippen molar-refractivity contribution in [3.63, 3.8) is 0 Å². The highest BCUT2D eigenvalue weighted by molar-refractivity contribution is 7.86. The van der Waals surface area contributed by atoms with E-state index in [0.717, 1.165) is 128 Å². The monoisotopic (exact) mass is 2010 g/mol. The van der Waals surface area contributed by atoms with Crippen molar-refractivity contribution in [2.75, 3.05) is 64.3 Å². The molecule has 18 aromatic carbocycles. The summed E-state index contributed by atoms with van der Waals surface area (Å²) in [6.07, 6.45) is 1.47. The number of benzene rings is 17. The summed E-state index contributed by atoms with van der Waals surface area (Å²) in [5.74, 6) is -0.452. The minimum absolute atomic E-state index is 0. The summed E-state index contributed by atoms with van der Waals surface area (Å²) < 4.78 is 33.2. The Labute approximate surface area is 868 Å². The van der Waals surface area contributed by atoms with Crippen LogP contribution in [0.5, 0.6) is 11.5 Å². The molecule has 1 fully saturated rings. The number of likely N-dealkylation sites (N-methyl/N-ethyl adjacent to an activating group) is 1. The second-order valence-electron chi connectivity index (χ2n) is 34.9. The van der Waals surface area contributed by atoms with Crippen molar-refractivity contribution in [1.82, 2.24) is 4.90 Å². The average Bonchev–Trinajstić information content (AvgIpc) is 0.772. The van der Waals surface area contributed by atoms with Gasteiger partial charge in [0.1, 0.15) is 21.7 Å². The smallest absolute Gasteiger partial charge is 0.345 e. The Morgan fingerprint density at radius 3 is 1.03 bits per heavy atom. The summed E-state index contributed by atoms with van der Waals surface area (Å²) in [6, 6.07) is 136. The number of fused-ring (bicyclic) bond motifs is 6. The van der Waals surface area contributed by atoms with Crippen molar-refractivity contribution in [1.29, 1.82) is 0 Å². The first-order chi connectivity index (χ1) is 72.2. The number of hydrogen-bond donors (Lipinski definition) is 2. The van der Waals surface area contributed by atoms with Crippen LogP contribution in [0.2, 0.25) is 0 Å². The third-order valence-corrected chi connectivity index (χ3v) is 26.1. The van der Waals surface area contributed by atoms with E-state index in [-0.39, 0.29) is 95.8 Å². The third-order valence-electron chi connectivity index (χ3n) is 25.1. The van der Waals surface area contributed by atoms with Gasteiger partial charge in [-0.05, 0) is 175 Å². The Hall–Kier alpha value is -18.7. The number of hydrogen-bond acceptors (Lipinski definition) is 20. The number of anilines is 2. The molecule has 1 saturated heterocycles. The van der Waals surface area contributed by atoms with E-state index in [9.17, 15) is 56.4 Å². The van der Waals surface area contributed by atoms with Gasteiger partial charge in [-0.15, -0.1) is 0 Å². The fraction of sp³-hybridized carbons (Fsp3) is 0.0952. The maximum absolute atomic E-state index is 13.6. The van der Waals surface area contributed by atoms with Crippen LogP contribution < -0.4 is 15.2 Å². The highest BCUT2D eigenvalue weighted by Gasteiger charge is 2.40. The molecule has 18 aromatic rings. The summed E-state index contributed by atoms with van der Waals surface area (Å²) >= 11 is 0. The van der Waals surface area contributed by atoms with Crippen LogP contribution in [0, 0.1) is 0 Å². The molecule has 0 saturated carbocycles. The Balaban J connectivity index is 0.000000144. The lowest BCUT2D eigenvalue weighted by atomic mass is 9.80. The van der Waals surface area contributed by atoms with Crippen molar-refractivity contribution in [2.24, 2.45) is 5.28 Å². The Bertz CT molecular complexity index is 7790. The van der Waals surface area contributed by atoms with E-state index in [1.54, 1.807) is 84.9 Å². The fourth-order valence-corrected chi connectivity index (χ4v) is 17.6. The molecular weight excluding hydrogens is 1900 g/mol. The van der Waals surface area contributed by atoms with Gasteiger partial charge in [-0.25, -0.2) is 0 Å². The molecule has 24 heteroatoms. The first kappa shape index (κ1) is 109. The number of ether oxygens (including phenoxy) is 1. The van der Waals surface area contributed by atoms with Crippen molar-refractivity contribution >= 4 is 95.1 Å². The summed E-state index contributed by atoms with van der Waals surface area (Å²) in [5, 5.41) is 24.3. The minimum Gasteiger partial charge on any atom is -0.508 e. The SMILES string of the molecule is CCC(Cc1ccccc1)(C(=O)c1ccc(N2CCOCC2)cc1)N(C)C.CN(C)c1ccc(C(=O)c2ccccc2)cc1.O.O=C(c1ccc(O)cc1)c1ccc(O)cc1.O=C(c1ccccc1)c1ccc(-c2ccccc2)cc1.O=C(c1ccccc1)c1ccccc1.O=C1c2ccccc2C(=O)c2ccccc21.O=c1c2ccccc2ccc2ccccc12.[N-]=[N+]=NOS(=O)(=O)c1ccc2c(c1)C(=O)c1ccccc1C2=O. The summed E-state index contributed by atoms with van der Waals surface area (Å²) in [6.45, 7) is 5.42. The number of carbonyl (C=O) groups is 9. The number of Topliss-reactive ketones (excluding diaryl/α,β-unsaturated/α-hetero) is 1. The third kappa shape index (κ3) is 27.3. The van der Waals surface area contributed by atoms with Crippen LogP contribution in [0.3, 0.4) is 0 Å². The van der Waals surface area contributed by atoms with Gasteiger partial charge in [0, 0.05) is 149 Å². The van der Waals surface area contributed by atoms with E-state index in [1.165, 1.54) is 48.0 Å². The molecule has 2 aliphatic carbocycles. The molecule has 3 aliphatic rings. The maximum Gasteiger partial charge on any atom is 0.345 e. The minimum atomic E-state index is -4.36. The standard InChI is InChI=1S/C23H30N2O2.C19H14O.C15H15NO.C15H10O.C14H7N3O5S.C14H8O2.C13H10O3.C13H10O.H2O/c1-4-23(24(2)3,18-19-8-6-5-7-9-19)22(26)20-10-12-21(13-11-20)25-14-16-27-17-15-25;20-19(17-9-5-2-6-10-17)18-13-11-16(12-14-18)15-7-3-1-4-8-15;1-16(2)14-10-8-13(9-11-14)15(17)12-6-4-3-5-7-12;16-15-13-7-3-1-5-11(13)9-10-12-6-2-4-8-14(12)15;15-16-17-22-23(20,21)8-5-6-11-12(7-8)14(19)10-4-2-1-3-9(10)13(11)18;15-13-9-5-1-2-6-10(9)14(16)12-8-4-3-7-11(12)13;14-11-5-1-9(2-6-11)13(16)10-3-7-12(15)8-4-10;14-13(11-7-3-1-4-8-11)12-9-5-2-6-10-12;/h5-13H,4,14-18H2,1-3H3;1-14H;3-11H,1-2H3;1-10H;1-7H;1-8H;1-8,14-15H;1-10H;1H2. The van der Waals surface area contributed by atoms with Crippen molar-refractivity contribution in [3.05, 3.63) is 576 Å². The number of rotatable bonds is 20. The summed E-state index contributed by atoms with van der Waals surface area (Å²) in [5.41, 5.74) is 22.1. The lowest BCUT2D eigenvalue weighted by molar-refractivity contribution is 0.0665. The molecule has 23 nitrogen and oxygen atoms in total. The Kier molecular flexibility index (Phi) is 37.8. The van der Waals surface area contributed by atoms with E-state index >= 15 is 0 Å². The van der Waals surface area contributed by atoms with Gasteiger partial charge in [0.15, 0.2) is 57.5 Å². The van der Waals surface area contributed by atoms with Crippen LogP contribution in [0.4, 0.5) is 11.4 Å². The number of nitrogens with zero attached hydrogens (tertiary/aromatic N) is 6. The first-order valence-electron chi connectivity index (χ1n) is 47.8. The Morgan fingerprint density at radius 2 is 0.673 bits per heavy atom. The Morgan fingerprint density at radius 1 is 0.367 bits per heavy atom. The van der Waals surface area contributed by atoms with Gasteiger partial charge < -0.3 is 34.5 Å². The molecule has 0 radical (unpaired) electrons. The molecule has 0 bridgehead atoms. The van der Waals surface area contributed by atoms with E-state index in [1.807, 2.05) is 312 Å². The van der Waals surface area contributed by atoms with Crippen LogP contribution in [0.1, 0.15) is 157 Å². The number of phenolic OH excluding ortho intramolecular Hbond substituents is 2. The van der Waals surface area contributed by atoms with Crippen molar-refractivity contribution < 1.29 is 76.3 Å². The molecule has 0 amide bonds. The normalized spacial score (nSPS) is 12.1. The number of aromatic hydroxyl groups is 2. The first-order valence-corrected chi connectivity index (χ1v) is 49.2. The summed E-state index contributed by atoms with van der Waals surface area (Å²) in [7, 11) is 3.62. The number of ketones is 9. The lowest BCUT2D eigenvalue weighted by Gasteiger charge is -2.38. The molecule has 4 N–H and O–H groups in total. The number of carbonyl (C=O) groups excluding carboxylic acids is 9. The highest BCUT2D eigenvalue weighted by Crippen LogP contribution is 2.34. The lowest BCUT2D eigenvalue weighted by Crippen LogP contribution is -2.52. The number of azide groups is 1. The molecular formula is C126H106N6O17S. The second-order valence-corrected chi connectivity index (χ2v) is 36.4. The van der Waals surface area contributed by atoms with Crippen molar-refractivity contribution in [3.8, 4) is 22.6 Å². The van der Waals surface area contributed by atoms with Gasteiger partial charge in [0.25, 0.3) is 0 Å². The van der Waals surface area contributed by atoms with Gasteiger partial charge in [-0.1, -0.05) is 347 Å². The van der Waals surface area contributed by atoms with E-state index < -0.39 is 21.4 Å². The van der Waals surface area contributed by atoms with Gasteiger partial charge in [-0.2, -0.15) is 8.42 Å². The zero-order valence-corrected chi connectivity index (χ0v) is 83.6. The van der Waals surface area contributed by atoms with Crippen LogP contribution in [-0.2, 0) is 25.6 Å². The molecule has 1 atom stereocenters. The molecule has 21 rings (SSSR count). The molecule has 0 aromatic heterocycles. The van der Waals surface area contributed by atoms with E-state index in [0.29, 0.717) is 39.8 Å². The predicted molar refractivity (Wildman–Crippen MR) is 587 cm³/mol. The predicted octanol–water partition coefficient (Wildman–Crippen LogP) is 23.9. The quantitative estimate of drug-likeness (QED) is 0.0235. The number of phenols is 2. The molecule has 1 heterocycles. The average molecular weight is 2010 g/mol. The van der Waals surface area contributed by atoms with Gasteiger partial charge >= 0.3 is 10.1 Å². The van der Waals surface area contributed by atoms with Gasteiger partial charge in [0.05, 0.1) is 18.8 Å². The molecule has 1 aliphatic heterocycles. The zero-order chi connectivity index (χ0) is 105. The molecule has 150 heavy (non-hydrogen) atoms. The second kappa shape index (κ2) is 52.2. The van der Waals surface area contributed by atoms with Crippen LogP contribution in [-0.4, -0.2) is 141 Å². The zero-order valence-electron chi connectivity index (χ0n) is 82.7. The maximum atomic E-state index is 13.6. The topological polar surface area (TPSA) is 354 Å². The van der Waals surface area contributed by atoms with Gasteiger partial charge in [0.2, 0.25) is 0 Å².